The van der Waals surface area contributed by atoms with E-state index in [0.29, 0.717) is 24.5 Å². The second-order valence-corrected chi connectivity index (χ2v) is 5.49. The monoisotopic (exact) mass is 288 g/mol. The van der Waals surface area contributed by atoms with Crippen LogP contribution in [0.15, 0.2) is 24.3 Å². The van der Waals surface area contributed by atoms with Crippen LogP contribution < -0.4 is 11.1 Å². The number of rotatable bonds is 3. The number of aromatic nitrogens is 1. The zero-order valence-electron chi connectivity index (χ0n) is 12.1. The van der Waals surface area contributed by atoms with Gasteiger partial charge in [0.1, 0.15) is 5.69 Å². The first-order chi connectivity index (χ1) is 10.1. The van der Waals surface area contributed by atoms with Crippen molar-refractivity contribution < 1.29 is 9.53 Å². The molecule has 1 amide bonds. The van der Waals surface area contributed by atoms with Crippen LogP contribution in [0.4, 0.5) is 5.69 Å². The van der Waals surface area contributed by atoms with Gasteiger partial charge in [0, 0.05) is 36.2 Å². The molecule has 1 aliphatic rings. The van der Waals surface area contributed by atoms with Gasteiger partial charge in [0.25, 0.3) is 5.91 Å². The Morgan fingerprint density at radius 3 is 3.19 bits per heavy atom. The van der Waals surface area contributed by atoms with Gasteiger partial charge in [-0.05, 0) is 31.3 Å². The number of carbonyl (C=O) groups excluding carboxylic acids is 1. The van der Waals surface area contributed by atoms with Crippen LogP contribution in [0, 0.1) is 0 Å². The molecule has 0 bridgehead atoms. The van der Waals surface area contributed by atoms with Gasteiger partial charge in [0.2, 0.25) is 0 Å². The zero-order valence-corrected chi connectivity index (χ0v) is 12.1. The quantitative estimate of drug-likeness (QED) is 0.730. The van der Waals surface area contributed by atoms with E-state index in [0.717, 1.165) is 24.0 Å². The van der Waals surface area contributed by atoms with Gasteiger partial charge in [-0.3, -0.25) is 4.79 Å². The van der Waals surface area contributed by atoms with E-state index in [9.17, 15) is 4.79 Å². The van der Waals surface area contributed by atoms with Crippen molar-refractivity contribution in [1.82, 2.24) is 15.2 Å². The summed E-state index contributed by atoms with van der Waals surface area (Å²) >= 11 is 0. The van der Waals surface area contributed by atoms with Crippen molar-refractivity contribution in [3.8, 4) is 0 Å². The summed E-state index contributed by atoms with van der Waals surface area (Å²) in [5.41, 5.74) is 7.88. The van der Waals surface area contributed by atoms with Crippen molar-refractivity contribution in [2.24, 2.45) is 0 Å². The molecule has 1 saturated heterocycles. The van der Waals surface area contributed by atoms with Crippen molar-refractivity contribution in [3.63, 3.8) is 0 Å². The number of likely N-dealkylation sites (N-methyl/N-ethyl adjacent to an activating group) is 1. The predicted molar refractivity (Wildman–Crippen MR) is 82.3 cm³/mol. The Labute approximate surface area is 123 Å². The smallest absolute Gasteiger partial charge is 0.267 e. The summed E-state index contributed by atoms with van der Waals surface area (Å²) in [6.45, 7) is 3.00. The highest BCUT2D eigenvalue weighted by molar-refractivity contribution is 5.98. The van der Waals surface area contributed by atoms with Gasteiger partial charge in [-0.1, -0.05) is 0 Å². The van der Waals surface area contributed by atoms with Gasteiger partial charge in [-0.15, -0.1) is 0 Å². The minimum absolute atomic E-state index is 0.0488. The third kappa shape index (κ3) is 3.17. The fourth-order valence-electron chi connectivity index (χ4n) is 2.57. The van der Waals surface area contributed by atoms with Crippen LogP contribution in [0.5, 0.6) is 0 Å². The molecule has 0 spiro atoms. The largest absolute Gasteiger partial charge is 0.399 e. The number of nitrogens with zero attached hydrogens (tertiary/aromatic N) is 1. The standard InChI is InChI=1S/C15H20N4O2/c1-19-4-5-21-12(9-19)8-17-15(20)14-7-10-6-11(16)2-3-13(10)18-14/h2-3,6-7,12,18H,4-5,8-9,16H2,1H3,(H,17,20). The minimum Gasteiger partial charge on any atom is -0.399 e. The van der Waals surface area contributed by atoms with Crippen LogP contribution in [-0.2, 0) is 4.74 Å². The molecule has 4 N–H and O–H groups in total. The summed E-state index contributed by atoms with van der Waals surface area (Å²) in [5, 5.41) is 3.85. The number of ether oxygens (including phenoxy) is 1. The van der Waals surface area contributed by atoms with E-state index < -0.39 is 0 Å². The average molecular weight is 288 g/mol. The van der Waals surface area contributed by atoms with Crippen molar-refractivity contribution in [2.75, 3.05) is 39.0 Å². The maximum absolute atomic E-state index is 12.2. The van der Waals surface area contributed by atoms with Crippen LogP contribution in [0.2, 0.25) is 0 Å². The first kappa shape index (κ1) is 13.9. The Balaban J connectivity index is 1.63. The normalized spacial score (nSPS) is 19.8. The zero-order chi connectivity index (χ0) is 14.8. The molecule has 2 heterocycles. The molecule has 3 rings (SSSR count). The molecular formula is C15H20N4O2. The number of anilines is 1. The van der Waals surface area contributed by atoms with E-state index in [2.05, 4.69) is 22.2 Å². The summed E-state index contributed by atoms with van der Waals surface area (Å²) in [7, 11) is 2.05. The number of carbonyl (C=O) groups is 1. The van der Waals surface area contributed by atoms with E-state index in [4.69, 9.17) is 10.5 Å². The highest BCUT2D eigenvalue weighted by atomic mass is 16.5. The lowest BCUT2D eigenvalue weighted by atomic mass is 10.2. The second kappa shape index (κ2) is 5.75. The molecule has 6 heteroatoms. The van der Waals surface area contributed by atoms with E-state index in [1.54, 1.807) is 0 Å². The number of amides is 1. The van der Waals surface area contributed by atoms with Gasteiger partial charge < -0.3 is 25.7 Å². The number of nitrogen functional groups attached to an aromatic ring is 1. The Kier molecular flexibility index (Phi) is 3.81. The maximum Gasteiger partial charge on any atom is 0.267 e. The van der Waals surface area contributed by atoms with Crippen molar-refractivity contribution in [1.29, 1.82) is 0 Å². The second-order valence-electron chi connectivity index (χ2n) is 5.49. The summed E-state index contributed by atoms with van der Waals surface area (Å²) in [5.74, 6) is -0.124. The lowest BCUT2D eigenvalue weighted by Crippen LogP contribution is -2.45. The van der Waals surface area contributed by atoms with Crippen LogP contribution in [-0.4, -0.2) is 55.2 Å². The number of benzene rings is 1. The number of H-pyrrole nitrogens is 1. The number of nitrogens with one attached hydrogen (secondary N) is 2. The number of hydrogen-bond donors (Lipinski definition) is 3. The van der Waals surface area contributed by atoms with E-state index in [-0.39, 0.29) is 12.0 Å². The predicted octanol–water partition coefficient (Wildman–Crippen LogP) is 0.810. The van der Waals surface area contributed by atoms with Crippen LogP contribution >= 0.6 is 0 Å². The van der Waals surface area contributed by atoms with Crippen LogP contribution in [0.1, 0.15) is 10.5 Å². The molecule has 0 saturated carbocycles. The molecule has 1 aromatic heterocycles. The molecule has 1 atom stereocenters. The highest BCUT2D eigenvalue weighted by Gasteiger charge is 2.19. The average Bonchev–Trinajstić information content (AvgIpc) is 2.88. The van der Waals surface area contributed by atoms with Gasteiger partial charge in [0.05, 0.1) is 12.7 Å². The Hall–Kier alpha value is -2.05. The summed E-state index contributed by atoms with van der Waals surface area (Å²) in [6.07, 6.45) is 0.0488. The van der Waals surface area contributed by atoms with Crippen molar-refractivity contribution in [2.45, 2.75) is 6.10 Å². The molecule has 1 aliphatic heterocycles. The first-order valence-electron chi connectivity index (χ1n) is 7.08. The van der Waals surface area contributed by atoms with Gasteiger partial charge in [0.15, 0.2) is 0 Å². The minimum atomic E-state index is -0.124. The lowest BCUT2D eigenvalue weighted by molar-refractivity contribution is -0.0175. The van der Waals surface area contributed by atoms with Crippen LogP contribution in [0.3, 0.4) is 0 Å². The first-order valence-corrected chi connectivity index (χ1v) is 7.08. The summed E-state index contributed by atoms with van der Waals surface area (Å²) in [6, 6.07) is 7.35. The number of nitrogens with two attached hydrogens (primary N) is 1. The molecule has 2 aromatic rings. The maximum atomic E-state index is 12.2. The molecule has 112 valence electrons. The Morgan fingerprint density at radius 2 is 2.38 bits per heavy atom. The number of aromatic amines is 1. The van der Waals surface area contributed by atoms with Gasteiger partial charge >= 0.3 is 0 Å². The third-order valence-electron chi connectivity index (χ3n) is 3.72. The van der Waals surface area contributed by atoms with Crippen molar-refractivity contribution in [3.05, 3.63) is 30.0 Å². The molecule has 21 heavy (non-hydrogen) atoms. The Morgan fingerprint density at radius 1 is 1.52 bits per heavy atom. The van der Waals surface area contributed by atoms with E-state index >= 15 is 0 Å². The molecule has 1 unspecified atom stereocenters. The van der Waals surface area contributed by atoms with Crippen molar-refractivity contribution >= 4 is 22.5 Å². The summed E-state index contributed by atoms with van der Waals surface area (Å²) in [4.78, 5) is 17.5. The number of morpholine rings is 1. The summed E-state index contributed by atoms with van der Waals surface area (Å²) < 4.78 is 5.63. The van der Waals surface area contributed by atoms with E-state index in [1.807, 2.05) is 24.3 Å². The molecule has 0 radical (unpaired) electrons. The molecule has 1 fully saturated rings. The molecule has 6 nitrogen and oxygen atoms in total. The lowest BCUT2D eigenvalue weighted by Gasteiger charge is -2.30. The van der Waals surface area contributed by atoms with Gasteiger partial charge in [-0.25, -0.2) is 0 Å². The molecular weight excluding hydrogens is 268 g/mol. The Bertz CT molecular complexity index is 652. The van der Waals surface area contributed by atoms with E-state index in [1.165, 1.54) is 0 Å². The molecule has 0 aliphatic carbocycles. The topological polar surface area (TPSA) is 83.4 Å². The SMILES string of the molecule is CN1CCOC(CNC(=O)c2cc3cc(N)ccc3[nH]2)C1. The number of fused-ring (bicyclic) bond motifs is 1. The number of hydrogen-bond acceptors (Lipinski definition) is 4. The third-order valence-corrected chi connectivity index (χ3v) is 3.72. The fourth-order valence-corrected chi connectivity index (χ4v) is 2.57. The fraction of sp³-hybridized carbons (Fsp3) is 0.400. The molecule has 1 aromatic carbocycles. The highest BCUT2D eigenvalue weighted by Crippen LogP contribution is 2.18. The van der Waals surface area contributed by atoms with Gasteiger partial charge in [-0.2, -0.15) is 0 Å². The van der Waals surface area contributed by atoms with Crippen LogP contribution in [0.25, 0.3) is 10.9 Å².